The average Bonchev–Trinajstić information content (AvgIpc) is 3.31. The fourth-order valence-corrected chi connectivity index (χ4v) is 3.00. The van der Waals surface area contributed by atoms with Gasteiger partial charge in [0.25, 0.3) is 0 Å². The second-order valence-electron chi connectivity index (χ2n) is 5.56. The lowest BCUT2D eigenvalue weighted by molar-refractivity contribution is -0.118. The van der Waals surface area contributed by atoms with Gasteiger partial charge >= 0.3 is 6.61 Å². The number of nitrogens with zero attached hydrogens (tertiary/aromatic N) is 3. The molecule has 0 atom stereocenters. The molecule has 0 spiro atoms. The van der Waals surface area contributed by atoms with E-state index in [0.717, 1.165) is 17.3 Å². The number of aromatic nitrogens is 3. The molecule has 148 valence electrons. The van der Waals surface area contributed by atoms with Crippen molar-refractivity contribution in [2.75, 3.05) is 18.1 Å². The van der Waals surface area contributed by atoms with Gasteiger partial charge in [-0.25, -0.2) is 4.68 Å². The van der Waals surface area contributed by atoms with Crippen molar-refractivity contribution in [3.63, 3.8) is 0 Å². The van der Waals surface area contributed by atoms with E-state index in [4.69, 9.17) is 10.3 Å². The highest BCUT2D eigenvalue weighted by Crippen LogP contribution is 2.21. The largest absolute Gasteiger partial charge is 0.461 e. The number of ether oxygens (including phenoxy) is 1. The van der Waals surface area contributed by atoms with E-state index < -0.39 is 6.61 Å². The Morgan fingerprint density at radius 3 is 2.75 bits per heavy atom. The van der Waals surface area contributed by atoms with E-state index in [2.05, 4.69) is 20.3 Å². The lowest BCUT2D eigenvalue weighted by Gasteiger charge is -2.07. The standard InChI is InChI=1S/C17H17F2N5O3S/c18-16(19)27-12-5-3-11(4-6-12)7-8-21-14(25)10-28-17-23-22-15(24(17)20)13-2-1-9-26-13/h1-6,9,16H,7-8,10,20H2,(H,21,25). The molecule has 2 aromatic heterocycles. The fraction of sp³-hybridized carbons (Fsp3) is 0.235. The number of rotatable bonds is 9. The topological polar surface area (TPSA) is 108 Å². The van der Waals surface area contributed by atoms with Crippen LogP contribution < -0.4 is 15.9 Å². The summed E-state index contributed by atoms with van der Waals surface area (Å²) in [6, 6.07) is 9.69. The number of hydrogen-bond donors (Lipinski definition) is 2. The van der Waals surface area contributed by atoms with Gasteiger partial charge < -0.3 is 20.3 Å². The second-order valence-corrected chi connectivity index (χ2v) is 6.51. The maximum atomic E-state index is 12.1. The van der Waals surface area contributed by atoms with Crippen LogP contribution in [-0.4, -0.2) is 39.7 Å². The molecule has 0 aliphatic heterocycles. The number of amides is 1. The van der Waals surface area contributed by atoms with E-state index in [1.165, 1.54) is 23.1 Å². The van der Waals surface area contributed by atoms with E-state index >= 15 is 0 Å². The zero-order chi connectivity index (χ0) is 19.9. The lowest BCUT2D eigenvalue weighted by Crippen LogP contribution is -2.27. The Labute approximate surface area is 163 Å². The van der Waals surface area contributed by atoms with E-state index in [9.17, 15) is 13.6 Å². The van der Waals surface area contributed by atoms with E-state index in [1.54, 1.807) is 24.3 Å². The Bertz CT molecular complexity index is 900. The summed E-state index contributed by atoms with van der Waals surface area (Å²) in [5.74, 6) is 6.80. The van der Waals surface area contributed by atoms with Gasteiger partial charge in [-0.1, -0.05) is 23.9 Å². The molecule has 0 bridgehead atoms. The van der Waals surface area contributed by atoms with Crippen molar-refractivity contribution in [1.82, 2.24) is 20.2 Å². The molecular weight excluding hydrogens is 392 g/mol. The minimum Gasteiger partial charge on any atom is -0.461 e. The third-order valence-corrected chi connectivity index (χ3v) is 4.57. The molecule has 0 radical (unpaired) electrons. The van der Waals surface area contributed by atoms with Crippen molar-refractivity contribution in [1.29, 1.82) is 0 Å². The summed E-state index contributed by atoms with van der Waals surface area (Å²) in [5, 5.41) is 11.1. The third kappa shape index (κ3) is 5.22. The van der Waals surface area contributed by atoms with Crippen LogP contribution in [0.25, 0.3) is 11.6 Å². The number of carbonyl (C=O) groups excluding carboxylic acids is 1. The number of thioether (sulfide) groups is 1. The molecule has 0 aliphatic rings. The first-order valence-electron chi connectivity index (χ1n) is 8.20. The smallest absolute Gasteiger partial charge is 0.387 e. The van der Waals surface area contributed by atoms with Crippen LogP contribution in [0.5, 0.6) is 5.75 Å². The molecule has 1 amide bonds. The summed E-state index contributed by atoms with van der Waals surface area (Å²) >= 11 is 1.15. The van der Waals surface area contributed by atoms with Crippen LogP contribution in [0.2, 0.25) is 0 Å². The van der Waals surface area contributed by atoms with E-state index in [1.807, 2.05) is 0 Å². The van der Waals surface area contributed by atoms with Crippen molar-refractivity contribution in [2.24, 2.45) is 0 Å². The van der Waals surface area contributed by atoms with Crippen LogP contribution in [0.1, 0.15) is 5.56 Å². The van der Waals surface area contributed by atoms with Crippen LogP contribution in [0.3, 0.4) is 0 Å². The first kappa shape index (κ1) is 19.7. The Hall–Kier alpha value is -3.08. The third-order valence-electron chi connectivity index (χ3n) is 3.62. The van der Waals surface area contributed by atoms with Gasteiger partial charge in [0.1, 0.15) is 5.75 Å². The first-order chi connectivity index (χ1) is 13.5. The van der Waals surface area contributed by atoms with Crippen molar-refractivity contribution in [2.45, 2.75) is 18.2 Å². The number of furan rings is 1. The molecule has 0 aliphatic carbocycles. The molecule has 28 heavy (non-hydrogen) atoms. The number of halogens is 2. The number of alkyl halides is 2. The zero-order valence-electron chi connectivity index (χ0n) is 14.5. The minimum atomic E-state index is -2.85. The number of benzene rings is 1. The van der Waals surface area contributed by atoms with Crippen LogP contribution >= 0.6 is 11.8 Å². The average molecular weight is 409 g/mol. The Morgan fingerprint density at radius 2 is 2.07 bits per heavy atom. The van der Waals surface area contributed by atoms with Crippen LogP contribution in [0.15, 0.2) is 52.2 Å². The molecule has 8 nitrogen and oxygen atoms in total. The van der Waals surface area contributed by atoms with Crippen LogP contribution in [0, 0.1) is 0 Å². The Morgan fingerprint density at radius 1 is 1.29 bits per heavy atom. The second kappa shape index (κ2) is 9.22. The predicted octanol–water partition coefficient (Wildman–Crippen LogP) is 2.30. The van der Waals surface area contributed by atoms with Crippen molar-refractivity contribution in [3.8, 4) is 17.3 Å². The number of nitrogen functional groups attached to an aromatic ring is 1. The summed E-state index contributed by atoms with van der Waals surface area (Å²) < 4.78 is 35.0. The maximum absolute atomic E-state index is 12.1. The molecular formula is C17H17F2N5O3S. The molecule has 2 heterocycles. The van der Waals surface area contributed by atoms with Gasteiger partial charge in [-0.3, -0.25) is 4.79 Å². The van der Waals surface area contributed by atoms with Crippen LogP contribution in [-0.2, 0) is 11.2 Å². The minimum absolute atomic E-state index is 0.0963. The summed E-state index contributed by atoms with van der Waals surface area (Å²) in [6.07, 6.45) is 2.06. The molecule has 1 aromatic carbocycles. The number of nitrogens with two attached hydrogens (primary N) is 1. The molecule has 3 aromatic rings. The van der Waals surface area contributed by atoms with Gasteiger partial charge in [0, 0.05) is 6.54 Å². The Kier molecular flexibility index (Phi) is 6.48. The van der Waals surface area contributed by atoms with Gasteiger partial charge in [-0.2, -0.15) is 8.78 Å². The molecule has 0 fully saturated rings. The summed E-state index contributed by atoms with van der Waals surface area (Å²) in [4.78, 5) is 12.0. The summed E-state index contributed by atoms with van der Waals surface area (Å²) in [5.41, 5.74) is 0.888. The molecule has 0 unspecified atom stereocenters. The number of hydrogen-bond acceptors (Lipinski definition) is 7. The normalized spacial score (nSPS) is 11.0. The van der Waals surface area contributed by atoms with Crippen molar-refractivity contribution in [3.05, 3.63) is 48.2 Å². The molecule has 11 heteroatoms. The van der Waals surface area contributed by atoms with E-state index in [0.29, 0.717) is 29.7 Å². The SMILES string of the molecule is Nn1c(SCC(=O)NCCc2ccc(OC(F)F)cc2)nnc1-c1ccco1. The van der Waals surface area contributed by atoms with Gasteiger partial charge in [-0.05, 0) is 36.2 Å². The van der Waals surface area contributed by atoms with Crippen molar-refractivity contribution < 1.29 is 22.7 Å². The highest BCUT2D eigenvalue weighted by atomic mass is 32.2. The van der Waals surface area contributed by atoms with E-state index in [-0.39, 0.29) is 17.4 Å². The van der Waals surface area contributed by atoms with Gasteiger partial charge in [0.2, 0.25) is 16.9 Å². The Balaban J connectivity index is 1.41. The highest BCUT2D eigenvalue weighted by molar-refractivity contribution is 7.99. The molecule has 0 saturated carbocycles. The maximum Gasteiger partial charge on any atom is 0.387 e. The quantitative estimate of drug-likeness (QED) is 0.412. The van der Waals surface area contributed by atoms with Crippen molar-refractivity contribution >= 4 is 17.7 Å². The lowest BCUT2D eigenvalue weighted by atomic mass is 10.1. The van der Waals surface area contributed by atoms with Gasteiger partial charge in [-0.15, -0.1) is 10.2 Å². The fourth-order valence-electron chi connectivity index (χ4n) is 2.31. The highest BCUT2D eigenvalue weighted by Gasteiger charge is 2.15. The number of nitrogens with one attached hydrogen (secondary N) is 1. The van der Waals surface area contributed by atoms with Gasteiger partial charge in [0.05, 0.1) is 12.0 Å². The monoisotopic (exact) mass is 409 g/mol. The number of carbonyl (C=O) groups is 1. The molecule has 3 rings (SSSR count). The van der Waals surface area contributed by atoms with Gasteiger partial charge in [0.15, 0.2) is 5.76 Å². The summed E-state index contributed by atoms with van der Waals surface area (Å²) in [7, 11) is 0. The predicted molar refractivity (Wildman–Crippen MR) is 98.4 cm³/mol. The first-order valence-corrected chi connectivity index (χ1v) is 9.19. The molecule has 3 N–H and O–H groups in total. The van der Waals surface area contributed by atoms with Crippen LogP contribution in [0.4, 0.5) is 8.78 Å². The molecule has 0 saturated heterocycles. The summed E-state index contributed by atoms with van der Waals surface area (Å²) in [6.45, 7) is -2.45. The zero-order valence-corrected chi connectivity index (χ0v) is 15.4.